The Labute approximate surface area is 106 Å². The van der Waals surface area contributed by atoms with E-state index in [0.717, 1.165) is 19.4 Å². The van der Waals surface area contributed by atoms with E-state index in [0.29, 0.717) is 18.0 Å². The van der Waals surface area contributed by atoms with Crippen molar-refractivity contribution in [2.75, 3.05) is 0 Å². The van der Waals surface area contributed by atoms with Crippen LogP contribution in [0.2, 0.25) is 0 Å². The highest BCUT2D eigenvalue weighted by Crippen LogP contribution is 2.12. The van der Waals surface area contributed by atoms with E-state index >= 15 is 0 Å². The van der Waals surface area contributed by atoms with Crippen molar-refractivity contribution < 1.29 is 0 Å². The Balaban J connectivity index is 2.54. The quantitative estimate of drug-likeness (QED) is 0.790. The summed E-state index contributed by atoms with van der Waals surface area (Å²) in [6.45, 7) is 12.2. The first kappa shape index (κ1) is 14.2. The van der Waals surface area contributed by atoms with Gasteiger partial charge in [0.1, 0.15) is 5.82 Å². The number of nitrogens with one attached hydrogen (secondary N) is 1. The molecule has 1 heterocycles. The SMILES string of the molecule is CCCn1ccnc1CC(C)C(C)NC(C)C. The Bertz CT molecular complexity index is 317. The number of aryl methyl sites for hydroxylation is 1. The summed E-state index contributed by atoms with van der Waals surface area (Å²) in [6.07, 6.45) is 6.22. The summed E-state index contributed by atoms with van der Waals surface area (Å²) in [5, 5.41) is 3.57. The second-order valence-corrected chi connectivity index (χ2v) is 5.33. The van der Waals surface area contributed by atoms with Gasteiger partial charge >= 0.3 is 0 Å². The Hall–Kier alpha value is -0.830. The van der Waals surface area contributed by atoms with Crippen molar-refractivity contribution >= 4 is 0 Å². The predicted octanol–water partition coefficient (Wildman–Crippen LogP) is 2.86. The molecule has 0 aliphatic heterocycles. The van der Waals surface area contributed by atoms with Gasteiger partial charge in [-0.15, -0.1) is 0 Å². The lowest BCUT2D eigenvalue weighted by Crippen LogP contribution is -2.38. The maximum Gasteiger partial charge on any atom is 0.108 e. The summed E-state index contributed by atoms with van der Waals surface area (Å²) >= 11 is 0. The van der Waals surface area contributed by atoms with Gasteiger partial charge in [0.25, 0.3) is 0 Å². The molecule has 1 N–H and O–H groups in total. The lowest BCUT2D eigenvalue weighted by molar-refractivity contribution is 0.363. The molecule has 3 nitrogen and oxygen atoms in total. The minimum absolute atomic E-state index is 0.529. The van der Waals surface area contributed by atoms with Crippen LogP contribution < -0.4 is 5.32 Å². The Morgan fingerprint density at radius 3 is 2.59 bits per heavy atom. The molecule has 0 spiro atoms. The fourth-order valence-electron chi connectivity index (χ4n) is 2.13. The third kappa shape index (κ3) is 4.50. The summed E-state index contributed by atoms with van der Waals surface area (Å²) < 4.78 is 2.28. The van der Waals surface area contributed by atoms with E-state index in [2.05, 4.69) is 55.7 Å². The average Bonchev–Trinajstić information content (AvgIpc) is 2.65. The molecule has 1 aromatic rings. The smallest absolute Gasteiger partial charge is 0.108 e. The second kappa shape index (κ2) is 6.80. The standard InChI is InChI=1S/C14H27N3/c1-6-8-17-9-7-15-14(17)10-12(4)13(5)16-11(2)3/h7,9,11-13,16H,6,8,10H2,1-5H3. The molecule has 1 aromatic heterocycles. The van der Waals surface area contributed by atoms with Crippen molar-refractivity contribution in [3.05, 3.63) is 18.2 Å². The van der Waals surface area contributed by atoms with Gasteiger partial charge in [-0.1, -0.05) is 27.7 Å². The summed E-state index contributed by atoms with van der Waals surface area (Å²) in [7, 11) is 0. The molecule has 0 aliphatic rings. The van der Waals surface area contributed by atoms with Crippen LogP contribution in [0, 0.1) is 5.92 Å². The maximum atomic E-state index is 4.47. The molecule has 0 bridgehead atoms. The number of hydrogen-bond donors (Lipinski definition) is 1. The molecule has 0 aliphatic carbocycles. The van der Waals surface area contributed by atoms with Crippen molar-refractivity contribution in [1.82, 2.24) is 14.9 Å². The molecule has 2 atom stereocenters. The van der Waals surface area contributed by atoms with Crippen LogP contribution in [0.15, 0.2) is 12.4 Å². The lowest BCUT2D eigenvalue weighted by Gasteiger charge is -2.23. The molecule has 0 radical (unpaired) electrons. The molecule has 0 aromatic carbocycles. The van der Waals surface area contributed by atoms with Crippen LogP contribution in [0.25, 0.3) is 0 Å². The largest absolute Gasteiger partial charge is 0.335 e. The van der Waals surface area contributed by atoms with E-state index in [4.69, 9.17) is 0 Å². The highest BCUT2D eigenvalue weighted by Gasteiger charge is 2.15. The monoisotopic (exact) mass is 237 g/mol. The van der Waals surface area contributed by atoms with E-state index in [1.165, 1.54) is 5.82 Å². The van der Waals surface area contributed by atoms with Gasteiger partial charge < -0.3 is 9.88 Å². The molecule has 0 amide bonds. The van der Waals surface area contributed by atoms with E-state index in [9.17, 15) is 0 Å². The Morgan fingerprint density at radius 1 is 1.29 bits per heavy atom. The zero-order valence-corrected chi connectivity index (χ0v) is 11.9. The zero-order chi connectivity index (χ0) is 12.8. The molecule has 98 valence electrons. The number of rotatable bonds is 7. The van der Waals surface area contributed by atoms with E-state index in [1.807, 2.05) is 6.20 Å². The third-order valence-electron chi connectivity index (χ3n) is 3.22. The van der Waals surface area contributed by atoms with Crippen LogP contribution in [0.5, 0.6) is 0 Å². The average molecular weight is 237 g/mol. The third-order valence-corrected chi connectivity index (χ3v) is 3.22. The van der Waals surface area contributed by atoms with Crippen LogP contribution in [-0.2, 0) is 13.0 Å². The van der Waals surface area contributed by atoms with Crippen molar-refractivity contribution in [2.45, 2.75) is 66.1 Å². The fraction of sp³-hybridized carbons (Fsp3) is 0.786. The lowest BCUT2D eigenvalue weighted by atomic mass is 9.98. The minimum atomic E-state index is 0.529. The molecule has 1 rings (SSSR count). The number of imidazole rings is 1. The van der Waals surface area contributed by atoms with E-state index in [-0.39, 0.29) is 0 Å². The van der Waals surface area contributed by atoms with Crippen molar-refractivity contribution in [1.29, 1.82) is 0 Å². The van der Waals surface area contributed by atoms with Crippen molar-refractivity contribution in [3.63, 3.8) is 0 Å². The van der Waals surface area contributed by atoms with E-state index in [1.54, 1.807) is 0 Å². The van der Waals surface area contributed by atoms with Gasteiger partial charge in [-0.25, -0.2) is 4.98 Å². The molecule has 17 heavy (non-hydrogen) atoms. The molecule has 3 heteroatoms. The van der Waals surface area contributed by atoms with Gasteiger partial charge in [0.05, 0.1) is 0 Å². The molecular formula is C14H27N3. The van der Waals surface area contributed by atoms with Crippen LogP contribution in [-0.4, -0.2) is 21.6 Å². The number of aromatic nitrogens is 2. The highest BCUT2D eigenvalue weighted by molar-refractivity contribution is 4.95. The summed E-state index contributed by atoms with van der Waals surface area (Å²) in [5.74, 6) is 1.83. The van der Waals surface area contributed by atoms with Crippen LogP contribution in [0.4, 0.5) is 0 Å². The first-order chi connectivity index (χ1) is 8.04. The predicted molar refractivity (Wildman–Crippen MR) is 73.1 cm³/mol. The first-order valence-corrected chi connectivity index (χ1v) is 6.80. The fourth-order valence-corrected chi connectivity index (χ4v) is 2.13. The second-order valence-electron chi connectivity index (χ2n) is 5.33. The number of nitrogens with zero attached hydrogens (tertiary/aromatic N) is 2. The Morgan fingerprint density at radius 2 is 2.00 bits per heavy atom. The minimum Gasteiger partial charge on any atom is -0.335 e. The van der Waals surface area contributed by atoms with Gasteiger partial charge in [-0.3, -0.25) is 0 Å². The maximum absolute atomic E-state index is 4.47. The molecule has 0 fully saturated rings. The first-order valence-electron chi connectivity index (χ1n) is 6.80. The van der Waals surface area contributed by atoms with E-state index < -0.39 is 0 Å². The van der Waals surface area contributed by atoms with Crippen LogP contribution in [0.1, 0.15) is 46.9 Å². The molecular weight excluding hydrogens is 210 g/mol. The van der Waals surface area contributed by atoms with Crippen LogP contribution in [0.3, 0.4) is 0 Å². The summed E-state index contributed by atoms with van der Waals surface area (Å²) in [4.78, 5) is 4.47. The van der Waals surface area contributed by atoms with Gasteiger partial charge in [-0.2, -0.15) is 0 Å². The summed E-state index contributed by atoms with van der Waals surface area (Å²) in [5.41, 5.74) is 0. The van der Waals surface area contributed by atoms with Crippen molar-refractivity contribution in [3.8, 4) is 0 Å². The normalized spacial score (nSPS) is 15.2. The molecule has 0 saturated carbocycles. The summed E-state index contributed by atoms with van der Waals surface area (Å²) in [6, 6.07) is 1.07. The van der Waals surface area contributed by atoms with Gasteiger partial charge in [0, 0.05) is 37.4 Å². The van der Waals surface area contributed by atoms with Gasteiger partial charge in [-0.05, 0) is 19.3 Å². The highest BCUT2D eigenvalue weighted by atomic mass is 15.1. The van der Waals surface area contributed by atoms with Gasteiger partial charge in [0.15, 0.2) is 0 Å². The molecule has 2 unspecified atom stereocenters. The van der Waals surface area contributed by atoms with Gasteiger partial charge in [0.2, 0.25) is 0 Å². The number of hydrogen-bond acceptors (Lipinski definition) is 2. The van der Waals surface area contributed by atoms with Crippen molar-refractivity contribution in [2.24, 2.45) is 5.92 Å². The zero-order valence-electron chi connectivity index (χ0n) is 11.9. The van der Waals surface area contributed by atoms with Crippen LogP contribution >= 0.6 is 0 Å². The molecule has 0 saturated heterocycles. The Kier molecular flexibility index (Phi) is 5.69. The topological polar surface area (TPSA) is 29.9 Å².